The molecule has 0 spiro atoms. The summed E-state index contributed by atoms with van der Waals surface area (Å²) in [7, 11) is 0. The summed E-state index contributed by atoms with van der Waals surface area (Å²) >= 11 is 6.44. The number of alkyl halides is 1. The minimum Gasteiger partial charge on any atom is -0.392 e. The van der Waals surface area contributed by atoms with Crippen molar-refractivity contribution in [2.75, 3.05) is 0 Å². The molecule has 0 heterocycles. The van der Waals surface area contributed by atoms with Crippen molar-refractivity contribution < 1.29 is 7.85 Å². The van der Waals surface area contributed by atoms with Crippen LogP contribution in [0.2, 0.25) is 0 Å². The number of hydrogen-bond donors (Lipinski definition) is 1. The van der Waals surface area contributed by atoms with Crippen molar-refractivity contribution in [3.05, 3.63) is 33.8 Å². The van der Waals surface area contributed by atoms with Gasteiger partial charge in [0.15, 0.2) is 0 Å². The number of benzene rings is 1. The molecule has 0 atom stereocenters. The van der Waals surface area contributed by atoms with Crippen LogP contribution < -0.4 is 0 Å². The van der Waals surface area contributed by atoms with E-state index in [1.54, 1.807) is 12.1 Å². The highest BCUT2D eigenvalue weighted by Gasteiger charge is 1.98. The van der Waals surface area contributed by atoms with Crippen LogP contribution in [-0.2, 0) is 11.9 Å². The predicted molar refractivity (Wildman–Crippen MR) is 52.7 cm³/mol. The Morgan fingerprint density at radius 1 is 1.55 bits per heavy atom. The second kappa shape index (κ2) is 4.24. The molecule has 0 aliphatic rings. The molecule has 0 bridgehead atoms. The first kappa shape index (κ1) is 6.63. The first-order valence-electron chi connectivity index (χ1n) is 4.02. The lowest BCUT2D eigenvalue weighted by atomic mass is 10.1. The minimum atomic E-state index is -2.29. The maximum absolute atomic E-state index is 9.18. The van der Waals surface area contributed by atoms with E-state index >= 15 is 0 Å². The van der Waals surface area contributed by atoms with Gasteiger partial charge in [-0.05, 0) is 17.2 Å². The minimum absolute atomic E-state index is 0.254. The molecule has 0 unspecified atom stereocenters. The standard InChI is InChI=1S/C8H8Br2O/c9-4-6-1-2-8(10)7(3-6)5-11/h1-3,11H,4-5H2/i5D2. The number of aliphatic hydroxyl groups is 1. The molecule has 1 aromatic rings. The van der Waals surface area contributed by atoms with Crippen LogP contribution in [0, 0.1) is 0 Å². The number of rotatable bonds is 2. The monoisotopic (exact) mass is 280 g/mol. The summed E-state index contributed by atoms with van der Waals surface area (Å²) in [5.41, 5.74) is 1.18. The Bertz CT molecular complexity index is 310. The smallest absolute Gasteiger partial charge is 0.0692 e. The molecule has 1 nitrogen and oxygen atoms in total. The molecule has 0 saturated carbocycles. The summed E-state index contributed by atoms with van der Waals surface area (Å²) in [6.45, 7) is -2.29. The van der Waals surface area contributed by atoms with Crippen molar-refractivity contribution in [3.63, 3.8) is 0 Å². The van der Waals surface area contributed by atoms with Crippen LogP contribution >= 0.6 is 31.9 Å². The molecule has 0 amide bonds. The van der Waals surface area contributed by atoms with E-state index in [0.29, 0.717) is 9.80 Å². The Morgan fingerprint density at radius 2 is 2.27 bits per heavy atom. The van der Waals surface area contributed by atoms with E-state index < -0.39 is 6.56 Å². The molecule has 11 heavy (non-hydrogen) atoms. The molecule has 0 fully saturated rings. The summed E-state index contributed by atoms with van der Waals surface area (Å²) in [5, 5.41) is 9.82. The van der Waals surface area contributed by atoms with Crippen molar-refractivity contribution in [1.29, 1.82) is 0 Å². The highest BCUT2D eigenvalue weighted by atomic mass is 79.9. The van der Waals surface area contributed by atoms with Gasteiger partial charge in [0, 0.05) is 9.80 Å². The maximum Gasteiger partial charge on any atom is 0.0692 e. The van der Waals surface area contributed by atoms with E-state index in [1.807, 2.05) is 6.07 Å². The van der Waals surface area contributed by atoms with Gasteiger partial charge in [-0.25, -0.2) is 0 Å². The van der Waals surface area contributed by atoms with Gasteiger partial charge in [-0.1, -0.05) is 44.0 Å². The van der Waals surface area contributed by atoms with Gasteiger partial charge in [0.1, 0.15) is 0 Å². The van der Waals surface area contributed by atoms with Crippen LogP contribution in [0.25, 0.3) is 0 Å². The summed E-state index contributed by atoms with van der Waals surface area (Å²) in [4.78, 5) is 0. The Hall–Kier alpha value is 0.140. The van der Waals surface area contributed by atoms with Gasteiger partial charge < -0.3 is 5.11 Å². The fourth-order valence-corrected chi connectivity index (χ4v) is 1.43. The van der Waals surface area contributed by atoms with Crippen molar-refractivity contribution in [1.82, 2.24) is 0 Å². The average Bonchev–Trinajstić information content (AvgIpc) is 2.03. The third-order valence-corrected chi connectivity index (χ3v) is 2.64. The molecule has 0 saturated heterocycles. The summed E-state index contributed by atoms with van der Waals surface area (Å²) in [5.74, 6) is 0. The fourth-order valence-electron chi connectivity index (χ4n) is 0.741. The highest BCUT2D eigenvalue weighted by Crippen LogP contribution is 2.19. The van der Waals surface area contributed by atoms with Crippen LogP contribution in [0.3, 0.4) is 0 Å². The Kier molecular flexibility index (Phi) is 2.56. The largest absolute Gasteiger partial charge is 0.392 e. The third kappa shape index (κ3) is 2.29. The van der Waals surface area contributed by atoms with Crippen molar-refractivity contribution in [2.24, 2.45) is 0 Å². The van der Waals surface area contributed by atoms with Gasteiger partial charge in [0.05, 0.1) is 9.30 Å². The summed E-state index contributed by atoms with van der Waals surface area (Å²) in [6, 6.07) is 5.20. The molecule has 0 aromatic heterocycles. The predicted octanol–water partition coefficient (Wildman–Crippen LogP) is 2.84. The maximum atomic E-state index is 9.18. The molecule has 1 aromatic carbocycles. The van der Waals surface area contributed by atoms with Crippen molar-refractivity contribution in [3.8, 4) is 0 Å². The molecule has 1 rings (SSSR count). The zero-order valence-electron chi connectivity index (χ0n) is 7.64. The molecule has 3 heteroatoms. The Balaban J connectivity index is 3.19. The van der Waals surface area contributed by atoms with E-state index in [1.165, 1.54) is 0 Å². The van der Waals surface area contributed by atoms with Gasteiger partial charge in [-0.3, -0.25) is 0 Å². The lowest BCUT2D eigenvalue weighted by Crippen LogP contribution is -1.87. The van der Waals surface area contributed by atoms with E-state index in [4.69, 9.17) is 2.74 Å². The fraction of sp³-hybridized carbons (Fsp3) is 0.250. The number of halogens is 2. The van der Waals surface area contributed by atoms with E-state index in [-0.39, 0.29) is 5.56 Å². The van der Waals surface area contributed by atoms with E-state index in [0.717, 1.165) is 5.56 Å². The van der Waals surface area contributed by atoms with Crippen LogP contribution in [0.5, 0.6) is 0 Å². The van der Waals surface area contributed by atoms with Gasteiger partial charge in [0.25, 0.3) is 0 Å². The van der Waals surface area contributed by atoms with Gasteiger partial charge >= 0.3 is 0 Å². The van der Waals surface area contributed by atoms with E-state index in [2.05, 4.69) is 31.9 Å². The topological polar surface area (TPSA) is 20.2 Å². The molecular formula is C8H8Br2O. The first-order chi connectivity index (χ1) is 5.95. The molecule has 0 aliphatic heterocycles. The zero-order chi connectivity index (χ0) is 10.1. The molecule has 60 valence electrons. The second-order valence-electron chi connectivity index (χ2n) is 2.06. The third-order valence-electron chi connectivity index (χ3n) is 1.31. The van der Waals surface area contributed by atoms with Crippen LogP contribution in [0.1, 0.15) is 13.9 Å². The molecule has 1 N–H and O–H groups in total. The van der Waals surface area contributed by atoms with Gasteiger partial charge in [0.2, 0.25) is 0 Å². The zero-order valence-corrected chi connectivity index (χ0v) is 8.81. The van der Waals surface area contributed by atoms with Crippen LogP contribution in [-0.4, -0.2) is 5.11 Å². The second-order valence-corrected chi connectivity index (χ2v) is 3.47. The lowest BCUT2D eigenvalue weighted by molar-refractivity contribution is 0.281. The van der Waals surface area contributed by atoms with E-state index in [9.17, 15) is 5.11 Å². The SMILES string of the molecule is [2H]C([2H])(O)c1cc(CBr)ccc1Br. The summed E-state index contributed by atoms with van der Waals surface area (Å²) in [6.07, 6.45) is 0. The highest BCUT2D eigenvalue weighted by molar-refractivity contribution is 9.10. The van der Waals surface area contributed by atoms with Crippen LogP contribution in [0.4, 0.5) is 0 Å². The lowest BCUT2D eigenvalue weighted by Gasteiger charge is -2.01. The van der Waals surface area contributed by atoms with Crippen molar-refractivity contribution in [2.45, 2.75) is 11.9 Å². The normalized spacial score (nSPS) is 14.1. The quantitative estimate of drug-likeness (QED) is 0.827. The van der Waals surface area contributed by atoms with Crippen molar-refractivity contribution >= 4 is 31.9 Å². The van der Waals surface area contributed by atoms with Gasteiger partial charge in [-0.2, -0.15) is 0 Å². The Labute approximate surface area is 85.5 Å². The van der Waals surface area contributed by atoms with Gasteiger partial charge in [-0.15, -0.1) is 0 Å². The van der Waals surface area contributed by atoms with Crippen LogP contribution in [0.15, 0.2) is 22.7 Å². The molecular weight excluding hydrogens is 272 g/mol. The first-order valence-corrected chi connectivity index (χ1v) is 4.94. The Morgan fingerprint density at radius 3 is 2.82 bits per heavy atom. The molecule has 0 aliphatic carbocycles. The summed E-state index contributed by atoms with van der Waals surface area (Å²) < 4.78 is 14.9. The molecule has 0 radical (unpaired) electrons. The number of hydrogen-bond acceptors (Lipinski definition) is 1. The average molecular weight is 282 g/mol.